The van der Waals surface area contributed by atoms with Gasteiger partial charge in [-0.05, 0) is 77.0 Å². The van der Waals surface area contributed by atoms with Gasteiger partial charge in [-0.25, -0.2) is 4.79 Å². The molecule has 12 heteroatoms. The average molecular weight is 1120 g/mol. The second kappa shape index (κ2) is 55.2. The summed E-state index contributed by atoms with van der Waals surface area (Å²) in [6.07, 6.45) is 55.0. The second-order valence-electron chi connectivity index (χ2n) is 22.4. The van der Waals surface area contributed by atoms with E-state index < -0.39 is 67.3 Å². The zero-order valence-electron chi connectivity index (χ0n) is 50.6. The summed E-state index contributed by atoms with van der Waals surface area (Å²) in [5.41, 5.74) is 0. The standard InChI is InChI=1S/C67H118O12/c1-4-7-10-13-16-19-22-25-28-29-30-31-34-37-40-43-46-49-52-55-61(70)78-65-63(72)62(71)64(66(73)74)79-67(65)76-57-58(77-60(69)54-51-48-45-42-39-36-33-27-24-21-18-15-12-9-6-3)56-75-59(68)53-50-47-44-41-38-35-32-26-23-20-17-14-11-8-5-2/h8,11,17,20,25-26,28,32,58,62-65,67,71-72H,4-7,9-10,12-16,18-19,21-24,27,29-31,33-57H2,1-3H3,(H,73,74)/b11-8-,20-17-,28-25-,32-26-. The van der Waals surface area contributed by atoms with Crippen LogP contribution in [0.25, 0.3) is 0 Å². The van der Waals surface area contributed by atoms with Crippen LogP contribution in [0.15, 0.2) is 48.6 Å². The van der Waals surface area contributed by atoms with E-state index in [9.17, 15) is 34.5 Å². The van der Waals surface area contributed by atoms with Crippen molar-refractivity contribution in [1.29, 1.82) is 0 Å². The smallest absolute Gasteiger partial charge is 0.335 e. The largest absolute Gasteiger partial charge is 0.479 e. The van der Waals surface area contributed by atoms with E-state index in [0.29, 0.717) is 19.3 Å². The lowest BCUT2D eigenvalue weighted by atomic mass is 9.98. The third-order valence-corrected chi connectivity index (χ3v) is 14.9. The number of esters is 3. The number of hydrogen-bond donors (Lipinski definition) is 3. The fourth-order valence-corrected chi connectivity index (χ4v) is 9.91. The Morgan fingerprint density at radius 3 is 1.23 bits per heavy atom. The van der Waals surface area contributed by atoms with E-state index in [1.165, 1.54) is 141 Å². The van der Waals surface area contributed by atoms with Crippen LogP contribution in [0.2, 0.25) is 0 Å². The van der Waals surface area contributed by atoms with Crippen molar-refractivity contribution in [3.8, 4) is 0 Å². The molecule has 6 atom stereocenters. The minimum absolute atomic E-state index is 0.0590. The van der Waals surface area contributed by atoms with Crippen LogP contribution in [-0.4, -0.2) is 89.2 Å². The molecule has 1 saturated heterocycles. The topological polar surface area (TPSA) is 175 Å². The van der Waals surface area contributed by atoms with Crippen LogP contribution in [0, 0.1) is 0 Å². The number of aliphatic carboxylic acids is 1. The van der Waals surface area contributed by atoms with Gasteiger partial charge in [0.15, 0.2) is 24.6 Å². The number of aliphatic hydroxyl groups is 2. The molecule has 1 aliphatic heterocycles. The summed E-state index contributed by atoms with van der Waals surface area (Å²) in [5.74, 6) is -3.12. The van der Waals surface area contributed by atoms with Crippen LogP contribution < -0.4 is 0 Å². The average Bonchev–Trinajstić information content (AvgIpc) is 3.46. The Balaban J connectivity index is 2.64. The Morgan fingerprint density at radius 1 is 0.430 bits per heavy atom. The fraction of sp³-hybridized carbons (Fsp3) is 0.821. The maximum atomic E-state index is 13.2. The van der Waals surface area contributed by atoms with Crippen LogP contribution in [0.5, 0.6) is 0 Å². The molecule has 0 aromatic rings. The van der Waals surface area contributed by atoms with E-state index in [1.54, 1.807) is 0 Å². The lowest BCUT2D eigenvalue weighted by Gasteiger charge is -2.40. The van der Waals surface area contributed by atoms with Gasteiger partial charge in [0.2, 0.25) is 0 Å². The molecular formula is C67H118O12. The maximum absolute atomic E-state index is 13.2. The Hall–Kier alpha value is -3.32. The van der Waals surface area contributed by atoms with Crippen LogP contribution >= 0.6 is 0 Å². The molecule has 1 rings (SSSR count). The highest BCUT2D eigenvalue weighted by atomic mass is 16.7. The zero-order chi connectivity index (χ0) is 57.5. The summed E-state index contributed by atoms with van der Waals surface area (Å²) in [5, 5.41) is 31.6. The number of aliphatic hydroxyl groups excluding tert-OH is 2. The first-order chi connectivity index (χ1) is 38.6. The molecule has 0 radical (unpaired) electrons. The molecule has 12 nitrogen and oxygen atoms in total. The number of unbranched alkanes of at least 4 members (excludes halogenated alkanes) is 34. The number of carbonyl (C=O) groups excluding carboxylic acids is 3. The molecule has 0 amide bonds. The normalized spacial score (nSPS) is 18.1. The van der Waals surface area contributed by atoms with Gasteiger partial charge in [0, 0.05) is 19.3 Å². The molecule has 0 bridgehead atoms. The minimum atomic E-state index is -1.90. The predicted octanol–water partition coefficient (Wildman–Crippen LogP) is 17.3. The van der Waals surface area contributed by atoms with E-state index >= 15 is 0 Å². The van der Waals surface area contributed by atoms with Crippen molar-refractivity contribution in [2.24, 2.45) is 0 Å². The summed E-state index contributed by atoms with van der Waals surface area (Å²) in [6, 6.07) is 0. The molecule has 0 spiro atoms. The minimum Gasteiger partial charge on any atom is -0.479 e. The lowest BCUT2D eigenvalue weighted by molar-refractivity contribution is -0.301. The van der Waals surface area contributed by atoms with Crippen LogP contribution in [0.3, 0.4) is 0 Å². The number of ether oxygens (including phenoxy) is 5. The summed E-state index contributed by atoms with van der Waals surface area (Å²) < 4.78 is 28.5. The molecule has 0 aromatic carbocycles. The Bertz CT molecular complexity index is 1560. The van der Waals surface area contributed by atoms with Gasteiger partial charge in [-0.2, -0.15) is 0 Å². The van der Waals surface area contributed by atoms with Gasteiger partial charge in [0.1, 0.15) is 18.8 Å². The summed E-state index contributed by atoms with van der Waals surface area (Å²) in [4.78, 5) is 51.3. The van der Waals surface area contributed by atoms with E-state index in [4.69, 9.17) is 23.7 Å². The van der Waals surface area contributed by atoms with Crippen molar-refractivity contribution in [1.82, 2.24) is 0 Å². The summed E-state index contributed by atoms with van der Waals surface area (Å²) in [7, 11) is 0. The highest BCUT2D eigenvalue weighted by Crippen LogP contribution is 2.27. The lowest BCUT2D eigenvalue weighted by Crippen LogP contribution is -2.61. The van der Waals surface area contributed by atoms with Gasteiger partial charge < -0.3 is 39.0 Å². The van der Waals surface area contributed by atoms with Gasteiger partial charge in [-0.15, -0.1) is 0 Å². The maximum Gasteiger partial charge on any atom is 0.335 e. The molecular weight excluding hydrogens is 997 g/mol. The molecule has 1 fully saturated rings. The first kappa shape index (κ1) is 73.7. The van der Waals surface area contributed by atoms with Gasteiger partial charge >= 0.3 is 23.9 Å². The third kappa shape index (κ3) is 45.0. The number of rotatable bonds is 56. The Morgan fingerprint density at radius 2 is 0.797 bits per heavy atom. The molecule has 79 heavy (non-hydrogen) atoms. The summed E-state index contributed by atoms with van der Waals surface area (Å²) in [6.45, 7) is 5.91. The predicted molar refractivity (Wildman–Crippen MR) is 322 cm³/mol. The number of carboxylic acid groups (broad SMARTS) is 1. The quantitative estimate of drug-likeness (QED) is 0.0228. The van der Waals surface area contributed by atoms with Gasteiger partial charge in [0.05, 0.1) is 6.61 Å². The van der Waals surface area contributed by atoms with E-state index in [-0.39, 0.29) is 25.9 Å². The van der Waals surface area contributed by atoms with Crippen molar-refractivity contribution in [3.05, 3.63) is 48.6 Å². The van der Waals surface area contributed by atoms with Crippen molar-refractivity contribution >= 4 is 23.9 Å². The molecule has 1 aliphatic rings. The van der Waals surface area contributed by atoms with E-state index in [2.05, 4.69) is 69.4 Å². The Kier molecular flexibility index (Phi) is 51.5. The van der Waals surface area contributed by atoms with Crippen LogP contribution in [0.4, 0.5) is 0 Å². The number of carbonyl (C=O) groups is 4. The van der Waals surface area contributed by atoms with Gasteiger partial charge in [-0.1, -0.05) is 256 Å². The number of allylic oxidation sites excluding steroid dienone is 8. The highest BCUT2D eigenvalue weighted by Gasteiger charge is 2.50. The monoisotopic (exact) mass is 1110 g/mol. The number of carboxylic acids is 1. The van der Waals surface area contributed by atoms with Crippen molar-refractivity contribution in [3.63, 3.8) is 0 Å². The third-order valence-electron chi connectivity index (χ3n) is 14.9. The van der Waals surface area contributed by atoms with Crippen LogP contribution in [-0.2, 0) is 42.9 Å². The first-order valence-electron chi connectivity index (χ1n) is 32.6. The molecule has 0 aliphatic carbocycles. The van der Waals surface area contributed by atoms with E-state index in [1.807, 2.05) is 0 Å². The molecule has 458 valence electrons. The van der Waals surface area contributed by atoms with E-state index in [0.717, 1.165) is 103 Å². The van der Waals surface area contributed by atoms with Gasteiger partial charge in [0.25, 0.3) is 0 Å². The molecule has 1 heterocycles. The SMILES string of the molecule is CC/C=C\C/C=C\C/C=C\CCCCCCCC(=O)OCC(COC1OC(C(=O)O)C(O)C(O)C1OC(=O)CCCCCCCCCCC/C=C\CCCCCCCC)OC(=O)CCCCCCCCCCCCCCCCC. The fourth-order valence-electron chi connectivity index (χ4n) is 9.91. The van der Waals surface area contributed by atoms with Gasteiger partial charge in [-0.3, -0.25) is 14.4 Å². The number of hydrogen-bond acceptors (Lipinski definition) is 11. The van der Waals surface area contributed by atoms with Crippen molar-refractivity contribution in [2.75, 3.05) is 13.2 Å². The Labute approximate surface area is 482 Å². The summed E-state index contributed by atoms with van der Waals surface area (Å²) >= 11 is 0. The highest BCUT2D eigenvalue weighted by molar-refractivity contribution is 5.74. The molecule has 0 saturated carbocycles. The molecule has 0 aromatic heterocycles. The molecule has 3 N–H and O–H groups in total. The van der Waals surface area contributed by atoms with Crippen molar-refractivity contribution in [2.45, 2.75) is 340 Å². The second-order valence-corrected chi connectivity index (χ2v) is 22.4. The van der Waals surface area contributed by atoms with Crippen LogP contribution in [0.1, 0.15) is 303 Å². The zero-order valence-corrected chi connectivity index (χ0v) is 50.6. The van der Waals surface area contributed by atoms with Crippen molar-refractivity contribution < 1.29 is 58.2 Å². The first-order valence-corrected chi connectivity index (χ1v) is 32.6. The molecule has 6 unspecified atom stereocenters.